The third kappa shape index (κ3) is 5.45. The number of nitrogens with zero attached hydrogens (tertiary/aromatic N) is 1. The molecular weight excluding hydrogens is 340 g/mol. The van der Waals surface area contributed by atoms with Gasteiger partial charge in [0.1, 0.15) is 5.75 Å². The van der Waals surface area contributed by atoms with Gasteiger partial charge in [0.15, 0.2) is 0 Å². The van der Waals surface area contributed by atoms with Gasteiger partial charge in [-0.25, -0.2) is 0 Å². The molecule has 5 nitrogen and oxygen atoms in total. The van der Waals surface area contributed by atoms with E-state index in [9.17, 15) is 9.59 Å². The quantitative estimate of drug-likeness (QED) is 0.781. The molecule has 142 valence electrons. The van der Waals surface area contributed by atoms with Crippen molar-refractivity contribution in [1.82, 2.24) is 4.90 Å². The van der Waals surface area contributed by atoms with Crippen LogP contribution in [0.1, 0.15) is 41.3 Å². The standard InChI is InChI=1S/C22H26N2O3/c1-15(2)17-9-6-16(7-10-17)8-13-21(25)23-19-14-18(22(26)24(3)4)11-12-20(19)27-5/h6-15H,1-5H3,(H,23,25)/b13-8+. The number of ether oxygens (including phenoxy) is 1. The van der Waals surface area contributed by atoms with E-state index >= 15 is 0 Å². The highest BCUT2D eigenvalue weighted by Gasteiger charge is 2.13. The molecule has 2 amide bonds. The first kappa shape index (κ1) is 20.2. The molecular formula is C22H26N2O3. The van der Waals surface area contributed by atoms with Gasteiger partial charge in [-0.2, -0.15) is 0 Å². The lowest BCUT2D eigenvalue weighted by Gasteiger charge is -2.14. The van der Waals surface area contributed by atoms with Crippen LogP contribution in [0, 0.1) is 0 Å². The largest absolute Gasteiger partial charge is 0.495 e. The molecule has 27 heavy (non-hydrogen) atoms. The van der Waals surface area contributed by atoms with E-state index < -0.39 is 0 Å². The maximum atomic E-state index is 12.3. The lowest BCUT2D eigenvalue weighted by molar-refractivity contribution is -0.111. The smallest absolute Gasteiger partial charge is 0.253 e. The summed E-state index contributed by atoms with van der Waals surface area (Å²) >= 11 is 0. The molecule has 0 unspecified atom stereocenters. The van der Waals surface area contributed by atoms with Gasteiger partial charge in [0.05, 0.1) is 12.8 Å². The summed E-state index contributed by atoms with van der Waals surface area (Å²) in [5, 5.41) is 2.77. The van der Waals surface area contributed by atoms with E-state index in [2.05, 4.69) is 31.3 Å². The van der Waals surface area contributed by atoms with Gasteiger partial charge >= 0.3 is 0 Å². The van der Waals surface area contributed by atoms with Crippen LogP contribution >= 0.6 is 0 Å². The van der Waals surface area contributed by atoms with Gasteiger partial charge in [0.25, 0.3) is 5.91 Å². The maximum Gasteiger partial charge on any atom is 0.253 e. The normalized spacial score (nSPS) is 10.9. The molecule has 0 heterocycles. The molecule has 0 saturated heterocycles. The predicted molar refractivity (Wildman–Crippen MR) is 109 cm³/mol. The number of hydrogen-bond donors (Lipinski definition) is 1. The van der Waals surface area contributed by atoms with Crippen LogP contribution in [0.15, 0.2) is 48.5 Å². The van der Waals surface area contributed by atoms with E-state index in [-0.39, 0.29) is 11.8 Å². The van der Waals surface area contributed by atoms with Crippen molar-refractivity contribution < 1.29 is 14.3 Å². The number of carbonyl (C=O) groups excluding carboxylic acids is 2. The Kier molecular flexibility index (Phi) is 6.77. The number of benzene rings is 2. The van der Waals surface area contributed by atoms with E-state index in [1.165, 1.54) is 23.6 Å². The Morgan fingerprint density at radius 2 is 1.74 bits per heavy atom. The van der Waals surface area contributed by atoms with E-state index in [0.29, 0.717) is 22.9 Å². The number of anilines is 1. The molecule has 0 fully saturated rings. The van der Waals surface area contributed by atoms with Gasteiger partial charge in [0.2, 0.25) is 5.91 Å². The maximum absolute atomic E-state index is 12.3. The molecule has 0 atom stereocenters. The van der Waals surface area contributed by atoms with E-state index in [4.69, 9.17) is 4.74 Å². The summed E-state index contributed by atoms with van der Waals surface area (Å²) < 4.78 is 5.28. The first-order chi connectivity index (χ1) is 12.8. The molecule has 0 bridgehead atoms. The second-order valence-corrected chi connectivity index (χ2v) is 6.76. The fraction of sp³-hybridized carbons (Fsp3) is 0.273. The highest BCUT2D eigenvalue weighted by molar-refractivity contribution is 6.04. The van der Waals surface area contributed by atoms with Gasteiger partial charge in [-0.3, -0.25) is 9.59 Å². The summed E-state index contributed by atoms with van der Waals surface area (Å²) in [7, 11) is 4.88. The van der Waals surface area contributed by atoms with E-state index in [1.54, 1.807) is 38.4 Å². The highest BCUT2D eigenvalue weighted by Crippen LogP contribution is 2.26. The molecule has 1 N–H and O–H groups in total. The lowest BCUT2D eigenvalue weighted by Crippen LogP contribution is -2.22. The van der Waals surface area contributed by atoms with E-state index in [0.717, 1.165) is 5.56 Å². The van der Waals surface area contributed by atoms with Crippen molar-refractivity contribution >= 4 is 23.6 Å². The summed E-state index contributed by atoms with van der Waals surface area (Å²) in [6.07, 6.45) is 3.21. The number of amides is 2. The second kappa shape index (κ2) is 9.03. The Morgan fingerprint density at radius 1 is 1.07 bits per heavy atom. The Bertz CT molecular complexity index is 837. The molecule has 2 aromatic carbocycles. The predicted octanol–water partition coefficient (Wildman–Crippen LogP) is 4.17. The van der Waals surface area contributed by atoms with Crippen LogP contribution in [-0.2, 0) is 4.79 Å². The average Bonchev–Trinajstić information content (AvgIpc) is 2.65. The average molecular weight is 366 g/mol. The van der Waals surface area contributed by atoms with Crippen LogP contribution in [0.25, 0.3) is 6.08 Å². The zero-order chi connectivity index (χ0) is 20.0. The first-order valence-electron chi connectivity index (χ1n) is 8.80. The van der Waals surface area contributed by atoms with Crippen molar-refractivity contribution in [2.75, 3.05) is 26.5 Å². The number of rotatable bonds is 6. The molecule has 2 rings (SSSR count). The Balaban J connectivity index is 2.14. The van der Waals surface area contributed by atoms with Crippen LogP contribution in [0.3, 0.4) is 0 Å². The van der Waals surface area contributed by atoms with Gasteiger partial charge in [-0.1, -0.05) is 38.1 Å². The van der Waals surface area contributed by atoms with Crippen LogP contribution in [-0.4, -0.2) is 37.9 Å². The third-order valence-corrected chi connectivity index (χ3v) is 4.14. The number of hydrogen-bond acceptors (Lipinski definition) is 3. The SMILES string of the molecule is COc1ccc(C(=O)N(C)C)cc1NC(=O)/C=C/c1ccc(C(C)C)cc1. The number of carbonyl (C=O) groups is 2. The lowest BCUT2D eigenvalue weighted by atomic mass is 10.0. The fourth-order valence-corrected chi connectivity index (χ4v) is 2.54. The minimum Gasteiger partial charge on any atom is -0.495 e. The van der Waals surface area contributed by atoms with Crippen molar-refractivity contribution in [3.63, 3.8) is 0 Å². The van der Waals surface area contributed by atoms with Crippen molar-refractivity contribution in [3.05, 3.63) is 65.2 Å². The monoisotopic (exact) mass is 366 g/mol. The number of methoxy groups -OCH3 is 1. The Morgan fingerprint density at radius 3 is 2.30 bits per heavy atom. The van der Waals surface area contributed by atoms with Crippen LogP contribution in [0.5, 0.6) is 5.75 Å². The van der Waals surface area contributed by atoms with Crippen LogP contribution < -0.4 is 10.1 Å². The molecule has 0 spiro atoms. The van der Waals surface area contributed by atoms with Crippen molar-refractivity contribution in [2.24, 2.45) is 0 Å². The first-order valence-corrected chi connectivity index (χ1v) is 8.80. The molecule has 2 aromatic rings. The molecule has 0 aliphatic carbocycles. The molecule has 5 heteroatoms. The topological polar surface area (TPSA) is 58.6 Å². The molecule has 0 aliphatic rings. The van der Waals surface area contributed by atoms with Crippen molar-refractivity contribution in [1.29, 1.82) is 0 Å². The summed E-state index contributed by atoms with van der Waals surface area (Å²) in [4.78, 5) is 25.9. The van der Waals surface area contributed by atoms with Crippen LogP contribution in [0.4, 0.5) is 5.69 Å². The minimum absolute atomic E-state index is 0.145. The van der Waals surface area contributed by atoms with Gasteiger partial charge in [-0.05, 0) is 41.3 Å². The van der Waals surface area contributed by atoms with Gasteiger partial charge < -0.3 is 15.0 Å². The third-order valence-electron chi connectivity index (χ3n) is 4.14. The Hall–Kier alpha value is -3.08. The second-order valence-electron chi connectivity index (χ2n) is 6.76. The summed E-state index contributed by atoms with van der Waals surface area (Å²) in [5.74, 6) is 0.522. The van der Waals surface area contributed by atoms with Crippen LogP contribution in [0.2, 0.25) is 0 Å². The summed E-state index contributed by atoms with van der Waals surface area (Å²) in [5.41, 5.74) is 3.13. The Labute approximate surface area is 160 Å². The summed E-state index contributed by atoms with van der Waals surface area (Å²) in [6.45, 7) is 4.28. The minimum atomic E-state index is -0.296. The van der Waals surface area contributed by atoms with Gasteiger partial charge in [0, 0.05) is 25.7 Å². The molecule has 0 radical (unpaired) electrons. The molecule has 0 aliphatic heterocycles. The highest BCUT2D eigenvalue weighted by atomic mass is 16.5. The number of nitrogens with one attached hydrogen (secondary N) is 1. The summed E-state index contributed by atoms with van der Waals surface area (Å²) in [6, 6.07) is 13.0. The molecule has 0 aromatic heterocycles. The zero-order valence-electron chi connectivity index (χ0n) is 16.4. The fourth-order valence-electron chi connectivity index (χ4n) is 2.54. The van der Waals surface area contributed by atoms with Crippen molar-refractivity contribution in [3.8, 4) is 5.75 Å². The van der Waals surface area contributed by atoms with E-state index in [1.807, 2.05) is 12.1 Å². The molecule has 0 saturated carbocycles. The zero-order valence-corrected chi connectivity index (χ0v) is 16.4. The van der Waals surface area contributed by atoms with Gasteiger partial charge in [-0.15, -0.1) is 0 Å². The van der Waals surface area contributed by atoms with Crippen molar-refractivity contribution in [2.45, 2.75) is 19.8 Å².